The number of carbonyl (C=O) groups excluding carboxylic acids is 1. The number of H-pyrrole nitrogens is 1. The molecule has 0 saturated carbocycles. The van der Waals surface area contributed by atoms with Gasteiger partial charge in [-0.2, -0.15) is 0 Å². The second-order valence-corrected chi connectivity index (χ2v) is 9.34. The summed E-state index contributed by atoms with van der Waals surface area (Å²) < 4.78 is 11.4. The van der Waals surface area contributed by atoms with Gasteiger partial charge in [-0.05, 0) is 56.7 Å². The van der Waals surface area contributed by atoms with Crippen molar-refractivity contribution in [1.82, 2.24) is 15.0 Å². The number of carbonyl (C=O) groups is 1. The maximum atomic E-state index is 13.0. The molecule has 3 aromatic heterocycles. The van der Waals surface area contributed by atoms with Gasteiger partial charge in [-0.1, -0.05) is 29.8 Å². The Kier molecular flexibility index (Phi) is 6.86. The zero-order chi connectivity index (χ0) is 24.3. The van der Waals surface area contributed by atoms with Gasteiger partial charge in [0.25, 0.3) is 0 Å². The van der Waals surface area contributed by atoms with E-state index in [1.54, 1.807) is 37.7 Å². The molecule has 8 heteroatoms. The van der Waals surface area contributed by atoms with Gasteiger partial charge in [-0.3, -0.25) is 4.90 Å². The molecule has 176 valence electrons. The number of aromatic amines is 1. The molecule has 34 heavy (non-hydrogen) atoms. The Morgan fingerprint density at radius 3 is 2.53 bits per heavy atom. The van der Waals surface area contributed by atoms with Gasteiger partial charge in [0, 0.05) is 47.2 Å². The van der Waals surface area contributed by atoms with Gasteiger partial charge in [0.1, 0.15) is 23.2 Å². The molecular weight excluding hydrogens is 452 g/mol. The number of ether oxygens (including phenoxy) is 2. The van der Waals surface area contributed by atoms with Crippen LogP contribution in [0.1, 0.15) is 43.6 Å². The summed E-state index contributed by atoms with van der Waals surface area (Å²) in [4.78, 5) is 26.7. The third-order valence-corrected chi connectivity index (χ3v) is 5.47. The molecule has 0 aliphatic carbocycles. The Morgan fingerprint density at radius 2 is 1.88 bits per heavy atom. The number of hydrogen-bond donors (Lipinski definition) is 1. The predicted octanol–water partition coefficient (Wildman–Crippen LogP) is 6.29. The molecule has 4 rings (SSSR count). The number of fused-ring (bicyclic) bond motifs is 1. The summed E-state index contributed by atoms with van der Waals surface area (Å²) >= 11 is 6.02. The monoisotopic (exact) mass is 478 g/mol. The number of methoxy groups -OCH3 is 1. The summed E-state index contributed by atoms with van der Waals surface area (Å²) in [5.41, 5.74) is 2.88. The largest absolute Gasteiger partial charge is 0.443 e. The summed E-state index contributed by atoms with van der Waals surface area (Å²) in [7, 11) is 1.65. The van der Waals surface area contributed by atoms with Crippen molar-refractivity contribution in [3.8, 4) is 0 Å². The number of aromatic nitrogens is 3. The van der Waals surface area contributed by atoms with E-state index < -0.39 is 11.7 Å². The molecule has 0 saturated heterocycles. The van der Waals surface area contributed by atoms with Crippen LogP contribution in [0.5, 0.6) is 0 Å². The van der Waals surface area contributed by atoms with E-state index in [9.17, 15) is 4.79 Å². The van der Waals surface area contributed by atoms with E-state index in [-0.39, 0.29) is 6.10 Å². The Balaban J connectivity index is 1.64. The molecule has 1 unspecified atom stereocenters. The number of pyridine rings is 2. The lowest BCUT2D eigenvalue weighted by Gasteiger charge is -2.27. The highest BCUT2D eigenvalue weighted by Gasteiger charge is 2.25. The third-order valence-electron chi connectivity index (χ3n) is 5.22. The maximum absolute atomic E-state index is 13.0. The van der Waals surface area contributed by atoms with Crippen LogP contribution in [0.4, 0.5) is 10.6 Å². The molecule has 0 spiro atoms. The van der Waals surface area contributed by atoms with Crippen molar-refractivity contribution in [3.05, 3.63) is 88.8 Å². The van der Waals surface area contributed by atoms with Crippen molar-refractivity contribution >= 4 is 34.5 Å². The van der Waals surface area contributed by atoms with Gasteiger partial charge < -0.3 is 14.5 Å². The van der Waals surface area contributed by atoms with E-state index in [0.717, 1.165) is 27.7 Å². The third kappa shape index (κ3) is 5.38. The highest BCUT2D eigenvalue weighted by Crippen LogP contribution is 2.31. The quantitative estimate of drug-likeness (QED) is 0.352. The highest BCUT2D eigenvalue weighted by molar-refractivity contribution is 6.30. The van der Waals surface area contributed by atoms with Crippen LogP contribution in [0, 0.1) is 0 Å². The van der Waals surface area contributed by atoms with Gasteiger partial charge >= 0.3 is 6.09 Å². The summed E-state index contributed by atoms with van der Waals surface area (Å²) in [6, 6.07) is 14.9. The molecule has 1 N–H and O–H groups in total. The Bertz CT molecular complexity index is 1260. The normalized spacial score (nSPS) is 12.5. The molecule has 3 heterocycles. The van der Waals surface area contributed by atoms with Gasteiger partial charge in [-0.25, -0.2) is 14.8 Å². The fourth-order valence-electron chi connectivity index (χ4n) is 3.68. The number of nitrogens with one attached hydrogen (secondary N) is 1. The molecule has 1 aromatic carbocycles. The summed E-state index contributed by atoms with van der Waals surface area (Å²) in [6.45, 7) is 5.80. The van der Waals surface area contributed by atoms with Gasteiger partial charge in [0.05, 0.1) is 6.54 Å². The zero-order valence-corrected chi connectivity index (χ0v) is 20.3. The Labute approximate surface area is 203 Å². The number of halogens is 1. The van der Waals surface area contributed by atoms with E-state index in [1.807, 2.05) is 57.3 Å². The second-order valence-electron chi connectivity index (χ2n) is 8.90. The molecule has 0 aliphatic rings. The average Bonchev–Trinajstić information content (AvgIpc) is 3.23. The van der Waals surface area contributed by atoms with Crippen molar-refractivity contribution in [2.45, 2.75) is 39.0 Å². The summed E-state index contributed by atoms with van der Waals surface area (Å²) in [5.74, 6) is 0.475. The van der Waals surface area contributed by atoms with E-state index in [1.165, 1.54) is 4.90 Å². The number of benzene rings is 1. The first kappa shape index (κ1) is 23.7. The topological polar surface area (TPSA) is 80.3 Å². The van der Waals surface area contributed by atoms with Crippen LogP contribution in [0.25, 0.3) is 11.0 Å². The smallest absolute Gasteiger partial charge is 0.416 e. The Morgan fingerprint density at radius 1 is 1.12 bits per heavy atom. The van der Waals surface area contributed by atoms with Gasteiger partial charge in [0.2, 0.25) is 0 Å². The van der Waals surface area contributed by atoms with Crippen molar-refractivity contribution < 1.29 is 14.3 Å². The molecule has 0 radical (unpaired) electrons. The first-order chi connectivity index (χ1) is 16.2. The van der Waals surface area contributed by atoms with Crippen LogP contribution in [0.3, 0.4) is 0 Å². The van der Waals surface area contributed by atoms with E-state index in [4.69, 9.17) is 21.1 Å². The van der Waals surface area contributed by atoms with E-state index >= 15 is 0 Å². The van der Waals surface area contributed by atoms with Crippen LogP contribution in [0.15, 0.2) is 67.1 Å². The second kappa shape index (κ2) is 9.83. The Hall–Kier alpha value is -3.42. The minimum absolute atomic E-state index is 0.292. The fourth-order valence-corrected chi connectivity index (χ4v) is 3.80. The van der Waals surface area contributed by atoms with Crippen molar-refractivity contribution in [1.29, 1.82) is 0 Å². The zero-order valence-electron chi connectivity index (χ0n) is 19.6. The van der Waals surface area contributed by atoms with E-state index in [0.29, 0.717) is 17.4 Å². The van der Waals surface area contributed by atoms with Crippen LogP contribution in [-0.4, -0.2) is 33.8 Å². The first-order valence-electron chi connectivity index (χ1n) is 10.9. The van der Waals surface area contributed by atoms with Crippen LogP contribution in [-0.2, 0) is 16.0 Å². The van der Waals surface area contributed by atoms with Crippen LogP contribution >= 0.6 is 11.6 Å². The molecule has 0 fully saturated rings. The van der Waals surface area contributed by atoms with Crippen LogP contribution in [0.2, 0.25) is 5.02 Å². The first-order valence-corrected chi connectivity index (χ1v) is 11.3. The lowest BCUT2D eigenvalue weighted by atomic mass is 10.0. The minimum Gasteiger partial charge on any atom is -0.443 e. The molecule has 4 aromatic rings. The number of amides is 1. The standard InChI is InChI=1S/C26H27ClN4O3/c1-26(2,3)34-25(32)31(16-17-7-10-19(27)11-8-17)22-12-9-18(14-29-22)23(33-4)21-15-30-24-20(21)6-5-13-28-24/h5-15,23H,16H2,1-4H3,(H,28,30). The maximum Gasteiger partial charge on any atom is 0.416 e. The highest BCUT2D eigenvalue weighted by atomic mass is 35.5. The molecular formula is C26H27ClN4O3. The lowest BCUT2D eigenvalue weighted by Crippen LogP contribution is -2.37. The van der Waals surface area contributed by atoms with Gasteiger partial charge in [-0.15, -0.1) is 0 Å². The van der Waals surface area contributed by atoms with Crippen molar-refractivity contribution in [2.24, 2.45) is 0 Å². The summed E-state index contributed by atoms with van der Waals surface area (Å²) in [6.07, 6.45) is 4.54. The number of nitrogens with zero attached hydrogens (tertiary/aromatic N) is 3. The van der Waals surface area contributed by atoms with E-state index in [2.05, 4.69) is 15.0 Å². The predicted molar refractivity (Wildman–Crippen MR) is 133 cm³/mol. The number of hydrogen-bond acceptors (Lipinski definition) is 5. The number of rotatable bonds is 6. The summed E-state index contributed by atoms with van der Waals surface area (Å²) in [5, 5.41) is 1.62. The van der Waals surface area contributed by atoms with Crippen molar-refractivity contribution in [3.63, 3.8) is 0 Å². The molecule has 7 nitrogen and oxygen atoms in total. The SMILES string of the molecule is COC(c1ccc(N(Cc2ccc(Cl)cc2)C(=O)OC(C)(C)C)nc1)c1c[nH]c2ncccc12. The minimum atomic E-state index is -0.639. The average molecular weight is 479 g/mol. The van der Waals surface area contributed by atoms with Crippen molar-refractivity contribution in [2.75, 3.05) is 12.0 Å². The number of anilines is 1. The lowest BCUT2D eigenvalue weighted by molar-refractivity contribution is 0.0576. The van der Waals surface area contributed by atoms with Crippen LogP contribution < -0.4 is 4.90 Å². The molecule has 1 amide bonds. The van der Waals surface area contributed by atoms with Gasteiger partial charge in [0.15, 0.2) is 0 Å². The molecule has 0 bridgehead atoms. The molecule has 1 atom stereocenters. The fraction of sp³-hybridized carbons (Fsp3) is 0.269. The molecule has 0 aliphatic heterocycles.